The summed E-state index contributed by atoms with van der Waals surface area (Å²) in [4.78, 5) is 26.7. The van der Waals surface area contributed by atoms with Crippen LogP contribution in [0.1, 0.15) is 68.7 Å². The molecule has 6 heteroatoms. The zero-order valence-electron chi connectivity index (χ0n) is 25.7. The van der Waals surface area contributed by atoms with Crippen molar-refractivity contribution < 1.29 is 28.5 Å². The first-order chi connectivity index (χ1) is 22.6. The second-order valence-electron chi connectivity index (χ2n) is 11.2. The number of ether oxygens (including phenoxy) is 4. The highest BCUT2D eigenvalue weighted by Crippen LogP contribution is 2.30. The van der Waals surface area contributed by atoms with Crippen molar-refractivity contribution in [2.45, 2.75) is 38.9 Å². The minimum Gasteiger partial charge on any atom is -0.493 e. The average Bonchev–Trinajstić information content (AvgIpc) is 3.11. The molecule has 2 heterocycles. The molecule has 0 saturated carbocycles. The third-order valence-corrected chi connectivity index (χ3v) is 7.86. The van der Waals surface area contributed by atoms with Gasteiger partial charge in [0, 0.05) is 23.3 Å². The van der Waals surface area contributed by atoms with Crippen molar-refractivity contribution in [2.24, 2.45) is 0 Å². The van der Waals surface area contributed by atoms with Gasteiger partial charge in [0.1, 0.15) is 36.2 Å². The number of benzene rings is 5. The molecule has 5 aromatic rings. The van der Waals surface area contributed by atoms with Gasteiger partial charge >= 0.3 is 0 Å². The van der Waals surface area contributed by atoms with Gasteiger partial charge in [0.2, 0.25) is 0 Å². The maximum atomic E-state index is 13.3. The van der Waals surface area contributed by atoms with E-state index in [1.54, 1.807) is 24.3 Å². The highest BCUT2D eigenvalue weighted by molar-refractivity contribution is 6.11. The van der Waals surface area contributed by atoms with E-state index in [1.807, 2.05) is 97.1 Å². The van der Waals surface area contributed by atoms with Crippen LogP contribution in [0.5, 0.6) is 23.0 Å². The molecule has 0 spiro atoms. The fourth-order valence-electron chi connectivity index (χ4n) is 5.28. The van der Waals surface area contributed by atoms with Crippen LogP contribution in [0.15, 0.2) is 121 Å². The Bertz CT molecular complexity index is 1630. The SMILES string of the molecule is O=C(c1ccccc1)c1ccc2cc1OCCCCCCOc1cc(ccc1C(=O)c1ccccc1)OCc1ccc(cc1)CO2. The van der Waals surface area contributed by atoms with Gasteiger partial charge in [0.15, 0.2) is 11.6 Å². The first-order valence-electron chi connectivity index (χ1n) is 15.7. The molecule has 0 saturated heterocycles. The number of carbonyl (C=O) groups excluding carboxylic acids is 2. The van der Waals surface area contributed by atoms with E-state index >= 15 is 0 Å². The third kappa shape index (κ3) is 7.83. The summed E-state index contributed by atoms with van der Waals surface area (Å²) < 4.78 is 24.6. The molecular weight excluding hydrogens is 576 g/mol. The molecule has 46 heavy (non-hydrogen) atoms. The highest BCUT2D eigenvalue weighted by atomic mass is 16.5. The van der Waals surface area contributed by atoms with Gasteiger partial charge in [-0.15, -0.1) is 0 Å². The van der Waals surface area contributed by atoms with Gasteiger partial charge in [-0.2, -0.15) is 0 Å². The molecule has 7 rings (SSSR count). The zero-order valence-corrected chi connectivity index (χ0v) is 25.7. The van der Waals surface area contributed by atoms with Crippen LogP contribution in [0.4, 0.5) is 0 Å². The zero-order chi connectivity index (χ0) is 31.6. The predicted molar refractivity (Wildman–Crippen MR) is 177 cm³/mol. The first-order valence-corrected chi connectivity index (χ1v) is 15.7. The van der Waals surface area contributed by atoms with Crippen molar-refractivity contribution in [3.8, 4) is 23.0 Å². The fraction of sp³-hybridized carbons (Fsp3) is 0.200. The smallest absolute Gasteiger partial charge is 0.196 e. The van der Waals surface area contributed by atoms with Crippen molar-refractivity contribution in [1.29, 1.82) is 0 Å². The van der Waals surface area contributed by atoms with Crippen LogP contribution in [-0.2, 0) is 13.2 Å². The summed E-state index contributed by atoms with van der Waals surface area (Å²) in [7, 11) is 0. The Balaban J connectivity index is 1.20. The Morgan fingerprint density at radius 1 is 0.435 bits per heavy atom. The van der Waals surface area contributed by atoms with Crippen molar-refractivity contribution in [1.82, 2.24) is 0 Å². The van der Waals surface area contributed by atoms with Crippen molar-refractivity contribution in [2.75, 3.05) is 13.2 Å². The summed E-state index contributed by atoms with van der Waals surface area (Å²) in [5, 5.41) is 0. The van der Waals surface area contributed by atoms with Crippen LogP contribution < -0.4 is 18.9 Å². The van der Waals surface area contributed by atoms with Crippen molar-refractivity contribution in [3.63, 3.8) is 0 Å². The fourth-order valence-corrected chi connectivity index (χ4v) is 5.28. The van der Waals surface area contributed by atoms with Crippen LogP contribution in [0.2, 0.25) is 0 Å². The Labute approximate surface area is 269 Å². The van der Waals surface area contributed by atoms with Crippen LogP contribution >= 0.6 is 0 Å². The molecule has 0 unspecified atom stereocenters. The van der Waals surface area contributed by atoms with E-state index in [0.29, 0.717) is 71.7 Å². The molecule has 0 amide bonds. The van der Waals surface area contributed by atoms with Crippen molar-refractivity contribution >= 4 is 11.6 Å². The highest BCUT2D eigenvalue weighted by Gasteiger charge is 2.18. The summed E-state index contributed by atoms with van der Waals surface area (Å²) in [6.45, 7) is 1.67. The number of carbonyl (C=O) groups is 2. The molecule has 0 fully saturated rings. The predicted octanol–water partition coefficient (Wildman–Crippen LogP) is 8.64. The van der Waals surface area contributed by atoms with Crippen LogP contribution in [-0.4, -0.2) is 24.8 Å². The lowest BCUT2D eigenvalue weighted by Gasteiger charge is -2.15. The lowest BCUT2D eigenvalue weighted by atomic mass is 10.0. The maximum absolute atomic E-state index is 13.3. The number of rotatable bonds is 4. The number of ketones is 2. The number of fused-ring (bicyclic) bond motifs is 11. The molecule has 0 radical (unpaired) electrons. The normalized spacial score (nSPS) is 13.8. The molecule has 0 aliphatic carbocycles. The molecular formula is C40H36O6. The number of hydrogen-bond acceptors (Lipinski definition) is 6. The summed E-state index contributed by atoms with van der Waals surface area (Å²) in [5.74, 6) is 2.12. The average molecular weight is 613 g/mol. The molecule has 2 aliphatic heterocycles. The Hall–Kier alpha value is -5.36. The second-order valence-corrected chi connectivity index (χ2v) is 11.2. The third-order valence-electron chi connectivity index (χ3n) is 7.86. The molecule has 0 aromatic heterocycles. The minimum absolute atomic E-state index is 0.0901. The lowest BCUT2D eigenvalue weighted by molar-refractivity contribution is 0.102. The second kappa shape index (κ2) is 15.1. The van der Waals surface area contributed by atoms with Gasteiger partial charge in [0.25, 0.3) is 0 Å². The quantitative estimate of drug-likeness (QED) is 0.189. The van der Waals surface area contributed by atoms with E-state index in [-0.39, 0.29) is 11.6 Å². The van der Waals surface area contributed by atoms with E-state index in [9.17, 15) is 9.59 Å². The van der Waals surface area contributed by atoms with E-state index in [1.165, 1.54) is 0 Å². The van der Waals surface area contributed by atoms with E-state index < -0.39 is 0 Å². The van der Waals surface area contributed by atoms with Crippen molar-refractivity contribution in [3.05, 3.63) is 155 Å². The molecule has 232 valence electrons. The van der Waals surface area contributed by atoms with Gasteiger partial charge in [-0.25, -0.2) is 0 Å². The Morgan fingerprint density at radius 2 is 0.848 bits per heavy atom. The first kappa shape index (κ1) is 30.7. The largest absolute Gasteiger partial charge is 0.493 e. The summed E-state index contributed by atoms with van der Waals surface area (Å²) in [5.41, 5.74) is 4.23. The van der Waals surface area contributed by atoms with Gasteiger partial charge in [-0.05, 0) is 61.1 Å². The molecule has 6 bridgehead atoms. The Kier molecular flexibility index (Phi) is 10.1. The minimum atomic E-state index is -0.0901. The van der Waals surface area contributed by atoms with Gasteiger partial charge in [-0.1, -0.05) is 84.9 Å². The molecule has 0 atom stereocenters. The van der Waals surface area contributed by atoms with E-state index in [0.717, 1.165) is 36.8 Å². The van der Waals surface area contributed by atoms with Crippen LogP contribution in [0.25, 0.3) is 0 Å². The molecule has 5 aromatic carbocycles. The standard InChI is InChI=1S/C40H36O6/c41-39(31-11-5-3-6-12-31)35-21-19-33-25-37(35)43-23-9-1-2-10-24-44-38-26-34(46-28-30-17-15-29(16-18-30)27-45-33)20-22-36(38)40(42)32-13-7-4-8-14-32/h3-8,11-22,25-26H,1-2,9-10,23-24,27-28H2. The maximum Gasteiger partial charge on any atom is 0.196 e. The van der Waals surface area contributed by atoms with Gasteiger partial charge in [0.05, 0.1) is 24.3 Å². The lowest BCUT2D eigenvalue weighted by Crippen LogP contribution is -2.08. The van der Waals surface area contributed by atoms with Crippen LogP contribution in [0, 0.1) is 0 Å². The summed E-state index contributed by atoms with van der Waals surface area (Å²) >= 11 is 0. The summed E-state index contributed by atoms with van der Waals surface area (Å²) in [6, 6.07) is 37.3. The van der Waals surface area contributed by atoms with E-state index in [4.69, 9.17) is 18.9 Å². The molecule has 2 aliphatic rings. The van der Waals surface area contributed by atoms with Gasteiger partial charge in [-0.3, -0.25) is 9.59 Å². The monoisotopic (exact) mass is 612 g/mol. The van der Waals surface area contributed by atoms with Crippen LogP contribution in [0.3, 0.4) is 0 Å². The topological polar surface area (TPSA) is 71.1 Å². The summed E-state index contributed by atoms with van der Waals surface area (Å²) in [6.07, 6.45) is 3.49. The number of hydrogen-bond donors (Lipinski definition) is 0. The Morgan fingerprint density at radius 3 is 1.26 bits per heavy atom. The molecule has 6 nitrogen and oxygen atoms in total. The van der Waals surface area contributed by atoms with Gasteiger partial charge < -0.3 is 18.9 Å². The van der Waals surface area contributed by atoms with E-state index in [2.05, 4.69) is 0 Å². The molecule has 0 N–H and O–H groups in total.